The number of hydrogen-bond acceptors (Lipinski definition) is 5. The van der Waals surface area contributed by atoms with Gasteiger partial charge in [-0.2, -0.15) is 13.2 Å². The monoisotopic (exact) mass is 512 g/mol. The molecule has 4 N–H and O–H groups in total. The Morgan fingerprint density at radius 1 is 1.14 bits per heavy atom. The number of carboxylic acid groups (broad SMARTS) is 1. The number of H-pyrrole nitrogens is 1. The molecule has 8 nitrogen and oxygen atoms in total. The van der Waals surface area contributed by atoms with Crippen molar-refractivity contribution in [3.63, 3.8) is 0 Å². The molecule has 0 aliphatic carbocycles. The summed E-state index contributed by atoms with van der Waals surface area (Å²) >= 11 is 0. The lowest BCUT2D eigenvalue weighted by Gasteiger charge is -2.36. The number of nitrogens with one attached hydrogen (secondary N) is 3. The number of fused-ring (bicyclic) bond motifs is 1. The Labute approximate surface area is 201 Å². The van der Waals surface area contributed by atoms with E-state index < -0.39 is 22.2 Å². The predicted octanol–water partition coefficient (Wildman–Crippen LogP) is 3.93. The third kappa shape index (κ3) is 7.89. The molecule has 2 heterocycles. The Morgan fingerprint density at radius 2 is 1.83 bits per heavy atom. The second-order valence-corrected chi connectivity index (χ2v) is 9.98. The second kappa shape index (κ2) is 11.0. The average Bonchev–Trinajstić information content (AvgIpc) is 3.25. The number of nitrogens with zero attached hydrogens (tertiary/aromatic N) is 1. The van der Waals surface area contributed by atoms with E-state index in [0.29, 0.717) is 11.7 Å². The molecule has 1 aromatic heterocycles. The van der Waals surface area contributed by atoms with Gasteiger partial charge in [0.15, 0.2) is 0 Å². The van der Waals surface area contributed by atoms with Gasteiger partial charge in [0.05, 0.1) is 6.26 Å². The minimum Gasteiger partial charge on any atom is -0.475 e. The molecule has 1 fully saturated rings. The first-order valence-corrected chi connectivity index (χ1v) is 12.7. The Bertz CT molecular complexity index is 1250. The van der Waals surface area contributed by atoms with Crippen LogP contribution in [0.1, 0.15) is 18.4 Å². The van der Waals surface area contributed by atoms with Crippen LogP contribution in [0.3, 0.4) is 0 Å². The van der Waals surface area contributed by atoms with Crippen molar-refractivity contribution in [2.45, 2.75) is 31.6 Å². The summed E-state index contributed by atoms with van der Waals surface area (Å²) in [5, 5.41) is 11.8. The summed E-state index contributed by atoms with van der Waals surface area (Å²) in [7, 11) is -3.29. The molecule has 4 rings (SSSR count). The standard InChI is InChI=1S/C21H26N4O2S.C2HF3O2/c1-28(26,27)24-18-4-2-3-16(13-18)15-25(19-8-10-22-11-9-19)20-5-6-21-17(14-20)7-12-23-21;3-2(4,5)1(6)7/h2-7,12-14,19,22-24H,8-11,15H2,1H3;(H,6,7). The molecule has 0 amide bonds. The Kier molecular flexibility index (Phi) is 8.28. The molecule has 190 valence electrons. The first-order chi connectivity index (χ1) is 16.4. The summed E-state index contributed by atoms with van der Waals surface area (Å²) in [6, 6.07) is 16.7. The molecular formula is C23H27F3N4O4S. The molecule has 0 unspecified atom stereocenters. The summed E-state index contributed by atoms with van der Waals surface area (Å²) < 4.78 is 57.5. The van der Waals surface area contributed by atoms with Gasteiger partial charge in [0.1, 0.15) is 0 Å². The third-order valence-corrected chi connectivity index (χ3v) is 6.05. The van der Waals surface area contributed by atoms with Crippen LogP contribution in [0.25, 0.3) is 10.9 Å². The van der Waals surface area contributed by atoms with Gasteiger partial charge in [0.2, 0.25) is 10.0 Å². The number of carboxylic acids is 1. The van der Waals surface area contributed by atoms with E-state index >= 15 is 0 Å². The normalized spacial score (nSPS) is 14.7. The number of anilines is 2. The number of sulfonamides is 1. The van der Waals surface area contributed by atoms with Crippen LogP contribution < -0.4 is 14.9 Å². The van der Waals surface area contributed by atoms with E-state index in [9.17, 15) is 21.6 Å². The highest BCUT2D eigenvalue weighted by molar-refractivity contribution is 7.92. The van der Waals surface area contributed by atoms with Crippen molar-refractivity contribution in [3.8, 4) is 0 Å². The quantitative estimate of drug-likeness (QED) is 0.398. The van der Waals surface area contributed by atoms with Gasteiger partial charge in [-0.15, -0.1) is 0 Å². The fourth-order valence-corrected chi connectivity index (χ4v) is 4.47. The van der Waals surface area contributed by atoms with Crippen molar-refractivity contribution in [3.05, 3.63) is 60.3 Å². The number of rotatable bonds is 6. The maximum absolute atomic E-state index is 11.6. The summed E-state index contributed by atoms with van der Waals surface area (Å²) in [4.78, 5) is 14.6. The van der Waals surface area contributed by atoms with Gasteiger partial charge in [0, 0.05) is 41.1 Å². The van der Waals surface area contributed by atoms with Crippen molar-refractivity contribution >= 4 is 38.3 Å². The summed E-state index contributed by atoms with van der Waals surface area (Å²) in [5.74, 6) is -2.76. The van der Waals surface area contributed by atoms with Crippen molar-refractivity contribution in [2.75, 3.05) is 29.0 Å². The van der Waals surface area contributed by atoms with Crippen LogP contribution in [-0.4, -0.2) is 56.0 Å². The van der Waals surface area contributed by atoms with E-state index in [1.807, 2.05) is 18.3 Å². The van der Waals surface area contributed by atoms with E-state index in [2.05, 4.69) is 50.3 Å². The van der Waals surface area contributed by atoms with Gasteiger partial charge in [-0.3, -0.25) is 4.72 Å². The van der Waals surface area contributed by atoms with Gasteiger partial charge < -0.3 is 20.3 Å². The van der Waals surface area contributed by atoms with Gasteiger partial charge >= 0.3 is 12.1 Å². The number of alkyl halides is 3. The molecule has 0 bridgehead atoms. The van der Waals surface area contributed by atoms with Crippen LogP contribution >= 0.6 is 0 Å². The number of benzene rings is 2. The van der Waals surface area contributed by atoms with Crippen LogP contribution in [0.15, 0.2) is 54.7 Å². The lowest BCUT2D eigenvalue weighted by atomic mass is 10.0. The maximum atomic E-state index is 11.6. The van der Waals surface area contributed by atoms with Crippen LogP contribution in [0.5, 0.6) is 0 Å². The van der Waals surface area contributed by atoms with Gasteiger partial charge in [-0.25, -0.2) is 13.2 Å². The molecule has 12 heteroatoms. The van der Waals surface area contributed by atoms with Crippen LogP contribution in [0, 0.1) is 0 Å². The minimum absolute atomic E-state index is 0.448. The predicted molar refractivity (Wildman–Crippen MR) is 129 cm³/mol. The molecule has 1 saturated heterocycles. The highest BCUT2D eigenvalue weighted by Gasteiger charge is 2.38. The Morgan fingerprint density at radius 3 is 2.46 bits per heavy atom. The maximum Gasteiger partial charge on any atom is 0.490 e. The van der Waals surface area contributed by atoms with Crippen LogP contribution in [0.4, 0.5) is 24.5 Å². The fraction of sp³-hybridized carbons (Fsp3) is 0.348. The first-order valence-electron chi connectivity index (χ1n) is 10.8. The van der Waals surface area contributed by atoms with E-state index in [1.165, 1.54) is 17.3 Å². The molecule has 0 atom stereocenters. The topological polar surface area (TPSA) is 115 Å². The Hall–Kier alpha value is -3.25. The first kappa shape index (κ1) is 26.4. The number of aromatic nitrogens is 1. The minimum atomic E-state index is -5.08. The Balaban J connectivity index is 0.000000429. The number of aromatic amines is 1. The van der Waals surface area contributed by atoms with Crippen molar-refractivity contribution in [1.82, 2.24) is 10.3 Å². The zero-order valence-electron chi connectivity index (χ0n) is 19.0. The molecule has 0 saturated carbocycles. The molecule has 2 aromatic carbocycles. The smallest absolute Gasteiger partial charge is 0.475 e. The molecule has 0 radical (unpaired) electrons. The zero-order chi connectivity index (χ0) is 25.6. The molecule has 35 heavy (non-hydrogen) atoms. The van der Waals surface area contributed by atoms with E-state index in [4.69, 9.17) is 9.90 Å². The molecule has 1 aliphatic rings. The highest BCUT2D eigenvalue weighted by atomic mass is 32.2. The molecular weight excluding hydrogens is 485 g/mol. The number of piperidine rings is 1. The van der Waals surface area contributed by atoms with E-state index in [0.717, 1.165) is 43.6 Å². The van der Waals surface area contributed by atoms with Crippen LogP contribution in [0.2, 0.25) is 0 Å². The van der Waals surface area contributed by atoms with Gasteiger partial charge in [-0.1, -0.05) is 12.1 Å². The number of carbonyl (C=O) groups is 1. The molecule has 0 spiro atoms. The van der Waals surface area contributed by atoms with E-state index in [-0.39, 0.29) is 0 Å². The largest absolute Gasteiger partial charge is 0.490 e. The lowest BCUT2D eigenvalue weighted by molar-refractivity contribution is -0.192. The third-order valence-electron chi connectivity index (χ3n) is 5.44. The highest BCUT2D eigenvalue weighted by Crippen LogP contribution is 2.28. The van der Waals surface area contributed by atoms with E-state index in [1.54, 1.807) is 6.07 Å². The number of aliphatic carboxylic acids is 1. The zero-order valence-corrected chi connectivity index (χ0v) is 19.8. The fourth-order valence-electron chi connectivity index (χ4n) is 3.91. The molecule has 3 aromatic rings. The molecule has 1 aliphatic heterocycles. The average molecular weight is 513 g/mol. The SMILES string of the molecule is CS(=O)(=O)Nc1cccc(CN(c2ccc3[nH]ccc3c2)C2CCNCC2)c1.O=C(O)C(F)(F)F. The lowest BCUT2D eigenvalue weighted by Crippen LogP contribution is -2.43. The van der Waals surface area contributed by atoms with Crippen molar-refractivity contribution in [1.29, 1.82) is 0 Å². The van der Waals surface area contributed by atoms with Crippen molar-refractivity contribution < 1.29 is 31.5 Å². The summed E-state index contributed by atoms with van der Waals surface area (Å²) in [5.41, 5.74) is 4.02. The second-order valence-electron chi connectivity index (χ2n) is 8.24. The number of hydrogen-bond donors (Lipinski definition) is 4. The van der Waals surface area contributed by atoms with Crippen LogP contribution in [-0.2, 0) is 21.4 Å². The van der Waals surface area contributed by atoms with Crippen molar-refractivity contribution in [2.24, 2.45) is 0 Å². The summed E-state index contributed by atoms with van der Waals surface area (Å²) in [6.45, 7) is 2.77. The van der Waals surface area contributed by atoms with Gasteiger partial charge in [0.25, 0.3) is 0 Å². The number of halogens is 3. The summed E-state index contributed by atoms with van der Waals surface area (Å²) in [6.07, 6.45) is 0.232. The van der Waals surface area contributed by atoms with Gasteiger partial charge in [-0.05, 0) is 67.9 Å².